The summed E-state index contributed by atoms with van der Waals surface area (Å²) < 4.78 is 22.6. The zero-order valence-corrected chi connectivity index (χ0v) is 14.5. The third kappa shape index (κ3) is 4.06. The van der Waals surface area contributed by atoms with Crippen molar-refractivity contribution in [3.8, 4) is 0 Å². The highest BCUT2D eigenvalue weighted by Gasteiger charge is 2.25. The van der Waals surface area contributed by atoms with Crippen molar-refractivity contribution in [2.45, 2.75) is 43.5 Å². The van der Waals surface area contributed by atoms with Crippen molar-refractivity contribution in [2.75, 3.05) is 11.9 Å². The molecule has 2 amide bonds. The second-order valence-corrected chi connectivity index (χ2v) is 8.21. The number of anilines is 1. The molecule has 0 unspecified atom stereocenters. The molecular formula is C14H18Cl2N2O3S. The number of urea groups is 1. The summed E-state index contributed by atoms with van der Waals surface area (Å²) in [4.78, 5) is 14.0. The molecule has 1 aliphatic heterocycles. The number of rotatable bonds is 3. The fraction of sp³-hybridized carbons (Fsp3) is 0.500. The Morgan fingerprint density at radius 3 is 2.73 bits per heavy atom. The number of halogens is 2. The van der Waals surface area contributed by atoms with Gasteiger partial charge in [0.2, 0.25) is 0 Å². The van der Waals surface area contributed by atoms with Crippen LogP contribution < -0.4 is 5.32 Å². The maximum absolute atomic E-state index is 12.4. The molecule has 1 N–H and O–H groups in total. The maximum Gasteiger partial charge on any atom is 0.322 e. The van der Waals surface area contributed by atoms with Crippen LogP contribution in [0, 0.1) is 0 Å². The van der Waals surface area contributed by atoms with Crippen molar-refractivity contribution >= 4 is 43.1 Å². The lowest BCUT2D eigenvalue weighted by Gasteiger charge is -2.35. The van der Waals surface area contributed by atoms with Gasteiger partial charge in [-0.1, -0.05) is 18.5 Å². The standard InChI is InChI=1S/C14H18Cl2N2O3S/c1-2-11-5-3-4-8-18(11)14(19)17-10-6-7-13(12(15)9-10)22(16,20)21/h6-7,9,11H,2-5,8H2,1H3,(H,17,19)/t11-/m1/s1. The van der Waals surface area contributed by atoms with Gasteiger partial charge in [-0.25, -0.2) is 13.2 Å². The van der Waals surface area contributed by atoms with Gasteiger partial charge in [-0.15, -0.1) is 0 Å². The zero-order chi connectivity index (χ0) is 16.3. The van der Waals surface area contributed by atoms with E-state index in [1.807, 2.05) is 4.90 Å². The Bertz CT molecular complexity index is 664. The summed E-state index contributed by atoms with van der Waals surface area (Å²) in [5, 5.41) is 2.74. The van der Waals surface area contributed by atoms with Gasteiger partial charge in [0, 0.05) is 29.0 Å². The molecule has 2 rings (SSSR count). The molecule has 0 radical (unpaired) electrons. The first-order chi connectivity index (χ1) is 10.3. The first-order valence-electron chi connectivity index (χ1n) is 7.14. The Morgan fingerprint density at radius 2 is 2.14 bits per heavy atom. The minimum atomic E-state index is -3.89. The third-order valence-corrected chi connectivity index (χ3v) is 5.61. The quantitative estimate of drug-likeness (QED) is 0.822. The molecule has 0 bridgehead atoms. The van der Waals surface area contributed by atoms with E-state index in [1.54, 1.807) is 0 Å². The van der Waals surface area contributed by atoms with Crippen LogP contribution in [0.1, 0.15) is 32.6 Å². The lowest BCUT2D eigenvalue weighted by Crippen LogP contribution is -2.45. The number of amides is 2. The topological polar surface area (TPSA) is 66.5 Å². The van der Waals surface area contributed by atoms with E-state index in [-0.39, 0.29) is 22.0 Å². The second-order valence-electron chi connectivity index (χ2n) is 5.26. The van der Waals surface area contributed by atoms with Crippen molar-refractivity contribution in [1.82, 2.24) is 4.90 Å². The number of piperidine rings is 1. The number of carbonyl (C=O) groups is 1. The molecule has 122 valence electrons. The zero-order valence-electron chi connectivity index (χ0n) is 12.2. The summed E-state index contributed by atoms with van der Waals surface area (Å²) in [7, 11) is 1.38. The minimum Gasteiger partial charge on any atom is -0.322 e. The number of hydrogen-bond acceptors (Lipinski definition) is 3. The van der Waals surface area contributed by atoms with Crippen LogP contribution in [0.5, 0.6) is 0 Å². The fourth-order valence-corrected chi connectivity index (χ4v) is 4.19. The molecule has 0 spiro atoms. The van der Waals surface area contributed by atoms with Gasteiger partial charge in [-0.05, 0) is 43.9 Å². The molecule has 1 aromatic rings. The smallest absolute Gasteiger partial charge is 0.322 e. The molecule has 0 saturated carbocycles. The van der Waals surface area contributed by atoms with Crippen molar-refractivity contribution in [3.63, 3.8) is 0 Å². The highest BCUT2D eigenvalue weighted by atomic mass is 35.7. The third-order valence-electron chi connectivity index (χ3n) is 3.81. The van der Waals surface area contributed by atoms with Gasteiger partial charge in [-0.3, -0.25) is 0 Å². The van der Waals surface area contributed by atoms with Crippen LogP contribution in [0.4, 0.5) is 10.5 Å². The molecule has 8 heteroatoms. The lowest BCUT2D eigenvalue weighted by molar-refractivity contribution is 0.160. The van der Waals surface area contributed by atoms with Gasteiger partial charge in [0.15, 0.2) is 0 Å². The number of nitrogens with one attached hydrogen (secondary N) is 1. The van der Waals surface area contributed by atoms with Crippen LogP contribution in [-0.2, 0) is 9.05 Å². The van der Waals surface area contributed by atoms with Crippen LogP contribution in [0.15, 0.2) is 23.1 Å². The van der Waals surface area contributed by atoms with E-state index in [9.17, 15) is 13.2 Å². The predicted molar refractivity (Wildman–Crippen MR) is 88.1 cm³/mol. The summed E-state index contributed by atoms with van der Waals surface area (Å²) in [6.07, 6.45) is 4.05. The monoisotopic (exact) mass is 364 g/mol. The summed E-state index contributed by atoms with van der Waals surface area (Å²) >= 11 is 5.91. The Morgan fingerprint density at radius 1 is 1.41 bits per heavy atom. The largest absolute Gasteiger partial charge is 0.322 e. The average molecular weight is 365 g/mol. The summed E-state index contributed by atoms with van der Waals surface area (Å²) in [6.45, 7) is 2.79. The van der Waals surface area contributed by atoms with Gasteiger partial charge in [0.1, 0.15) is 4.90 Å². The van der Waals surface area contributed by atoms with Gasteiger partial charge in [0.25, 0.3) is 9.05 Å². The Kier molecular flexibility index (Phi) is 5.58. The number of benzene rings is 1. The van der Waals surface area contributed by atoms with Crippen LogP contribution in [-0.4, -0.2) is 31.9 Å². The maximum atomic E-state index is 12.4. The predicted octanol–water partition coefficient (Wildman–Crippen LogP) is 4.06. The highest BCUT2D eigenvalue weighted by molar-refractivity contribution is 8.13. The summed E-state index contributed by atoms with van der Waals surface area (Å²) in [5.41, 5.74) is 0.444. The molecule has 22 heavy (non-hydrogen) atoms. The number of hydrogen-bond donors (Lipinski definition) is 1. The van der Waals surface area contributed by atoms with Crippen LogP contribution in [0.3, 0.4) is 0 Å². The molecule has 1 aromatic carbocycles. The molecule has 0 aliphatic carbocycles. The first kappa shape index (κ1) is 17.4. The van der Waals surface area contributed by atoms with Crippen LogP contribution >= 0.6 is 22.3 Å². The van der Waals surface area contributed by atoms with Crippen molar-refractivity contribution in [1.29, 1.82) is 0 Å². The SMILES string of the molecule is CC[C@@H]1CCCCN1C(=O)Nc1ccc(S(=O)(=O)Cl)c(Cl)c1. The van der Waals surface area contributed by atoms with E-state index in [2.05, 4.69) is 12.2 Å². The Balaban J connectivity index is 2.13. The molecule has 1 fully saturated rings. The summed E-state index contributed by atoms with van der Waals surface area (Å²) in [6, 6.07) is 4.20. The average Bonchev–Trinajstić information content (AvgIpc) is 2.45. The minimum absolute atomic E-state index is 0.0153. The molecule has 1 atom stereocenters. The molecule has 5 nitrogen and oxygen atoms in total. The molecule has 1 saturated heterocycles. The van der Waals surface area contributed by atoms with Crippen LogP contribution in [0.2, 0.25) is 5.02 Å². The second kappa shape index (κ2) is 7.06. The summed E-state index contributed by atoms with van der Waals surface area (Å²) in [5.74, 6) is 0. The van der Waals surface area contributed by atoms with Gasteiger partial charge < -0.3 is 10.2 Å². The number of carbonyl (C=O) groups excluding carboxylic acids is 1. The Labute approximate surface area is 140 Å². The van der Waals surface area contributed by atoms with E-state index in [1.165, 1.54) is 18.2 Å². The van der Waals surface area contributed by atoms with Gasteiger partial charge >= 0.3 is 6.03 Å². The van der Waals surface area contributed by atoms with Crippen molar-refractivity contribution < 1.29 is 13.2 Å². The van der Waals surface area contributed by atoms with Crippen molar-refractivity contribution in [3.05, 3.63) is 23.2 Å². The molecule has 1 aliphatic rings. The normalized spacial score (nSPS) is 19.0. The fourth-order valence-electron chi connectivity index (χ4n) is 2.66. The van der Waals surface area contributed by atoms with Crippen molar-refractivity contribution in [2.24, 2.45) is 0 Å². The van der Waals surface area contributed by atoms with Gasteiger partial charge in [-0.2, -0.15) is 0 Å². The van der Waals surface area contributed by atoms with E-state index < -0.39 is 9.05 Å². The molecule has 0 aromatic heterocycles. The van der Waals surface area contributed by atoms with Crippen LogP contribution in [0.25, 0.3) is 0 Å². The first-order valence-corrected chi connectivity index (χ1v) is 9.83. The molecule has 1 heterocycles. The number of likely N-dealkylation sites (tertiary alicyclic amines) is 1. The van der Waals surface area contributed by atoms with E-state index >= 15 is 0 Å². The lowest BCUT2D eigenvalue weighted by atomic mass is 10.0. The molecular weight excluding hydrogens is 347 g/mol. The number of nitrogens with zero attached hydrogens (tertiary/aromatic N) is 1. The Hall–Kier alpha value is -0.980. The van der Waals surface area contributed by atoms with Gasteiger partial charge in [0.05, 0.1) is 5.02 Å². The van der Waals surface area contributed by atoms with E-state index in [0.29, 0.717) is 5.69 Å². The van der Waals surface area contributed by atoms with E-state index in [4.69, 9.17) is 22.3 Å². The van der Waals surface area contributed by atoms with E-state index in [0.717, 1.165) is 32.2 Å². The highest BCUT2D eigenvalue weighted by Crippen LogP contribution is 2.28.